The molecule has 1 aliphatic rings. The van der Waals surface area contributed by atoms with Gasteiger partial charge in [-0.05, 0) is 37.5 Å². The van der Waals surface area contributed by atoms with Crippen molar-refractivity contribution >= 4 is 23.2 Å². The molecule has 1 saturated carbocycles. The van der Waals surface area contributed by atoms with Gasteiger partial charge in [0.2, 0.25) is 0 Å². The Hall–Kier alpha value is -1.22. The zero-order valence-corrected chi connectivity index (χ0v) is 10.7. The van der Waals surface area contributed by atoms with E-state index >= 15 is 0 Å². The largest absolute Gasteiger partial charge is 0.399 e. The Morgan fingerprint density at radius 1 is 1.53 bits per heavy atom. The summed E-state index contributed by atoms with van der Waals surface area (Å²) in [6.07, 6.45) is 3.17. The van der Waals surface area contributed by atoms with E-state index in [1.54, 1.807) is 18.2 Å². The predicted molar refractivity (Wildman–Crippen MR) is 70.2 cm³/mol. The second-order valence-corrected chi connectivity index (χ2v) is 4.88. The second kappa shape index (κ2) is 4.96. The van der Waals surface area contributed by atoms with Gasteiger partial charge < -0.3 is 10.6 Å². The van der Waals surface area contributed by atoms with Gasteiger partial charge in [0, 0.05) is 18.3 Å². The van der Waals surface area contributed by atoms with Crippen molar-refractivity contribution in [2.45, 2.75) is 32.2 Å². The molecule has 1 aliphatic carbocycles. The van der Waals surface area contributed by atoms with Crippen LogP contribution >= 0.6 is 11.6 Å². The molecule has 0 aromatic heterocycles. The topological polar surface area (TPSA) is 46.3 Å². The molecule has 0 bridgehead atoms. The minimum Gasteiger partial charge on any atom is -0.399 e. The minimum absolute atomic E-state index is 0.00616. The molecule has 1 amide bonds. The number of anilines is 1. The average molecular weight is 253 g/mol. The summed E-state index contributed by atoms with van der Waals surface area (Å²) in [5, 5.41) is 0.478. The van der Waals surface area contributed by atoms with Crippen molar-refractivity contribution in [1.82, 2.24) is 4.90 Å². The van der Waals surface area contributed by atoms with Crippen molar-refractivity contribution < 1.29 is 4.79 Å². The van der Waals surface area contributed by atoms with Gasteiger partial charge in [-0.2, -0.15) is 0 Å². The van der Waals surface area contributed by atoms with Crippen molar-refractivity contribution in [2.24, 2.45) is 0 Å². The number of carbonyl (C=O) groups excluding carboxylic acids is 1. The number of nitrogens with zero attached hydrogens (tertiary/aromatic N) is 1. The third-order valence-electron chi connectivity index (χ3n) is 2.93. The SMILES string of the molecule is CCCN(C(=O)c1cc(N)ccc1Cl)C1CC1. The van der Waals surface area contributed by atoms with Crippen LogP contribution in [0, 0.1) is 0 Å². The van der Waals surface area contributed by atoms with Crippen molar-refractivity contribution in [3.63, 3.8) is 0 Å². The Morgan fingerprint density at radius 2 is 2.24 bits per heavy atom. The highest BCUT2D eigenvalue weighted by Gasteiger charge is 2.33. The van der Waals surface area contributed by atoms with E-state index < -0.39 is 0 Å². The Kier molecular flexibility index (Phi) is 3.57. The van der Waals surface area contributed by atoms with Crippen molar-refractivity contribution in [3.05, 3.63) is 28.8 Å². The fraction of sp³-hybridized carbons (Fsp3) is 0.462. The van der Waals surface area contributed by atoms with Crippen LogP contribution in [0.15, 0.2) is 18.2 Å². The van der Waals surface area contributed by atoms with E-state index in [0.29, 0.717) is 22.3 Å². The molecule has 4 heteroatoms. The highest BCUT2D eigenvalue weighted by Crippen LogP contribution is 2.30. The minimum atomic E-state index is 0.00616. The lowest BCUT2D eigenvalue weighted by Gasteiger charge is -2.22. The number of hydrogen-bond donors (Lipinski definition) is 1. The first-order valence-corrected chi connectivity index (χ1v) is 6.37. The second-order valence-electron chi connectivity index (χ2n) is 4.47. The number of rotatable bonds is 4. The van der Waals surface area contributed by atoms with E-state index in [1.807, 2.05) is 4.90 Å². The zero-order valence-electron chi connectivity index (χ0n) is 9.95. The predicted octanol–water partition coefficient (Wildman–Crippen LogP) is 2.94. The van der Waals surface area contributed by atoms with Crippen molar-refractivity contribution in [1.29, 1.82) is 0 Å². The fourth-order valence-electron chi connectivity index (χ4n) is 1.94. The monoisotopic (exact) mass is 252 g/mol. The highest BCUT2D eigenvalue weighted by molar-refractivity contribution is 6.34. The fourth-order valence-corrected chi connectivity index (χ4v) is 2.14. The molecule has 0 spiro atoms. The van der Waals surface area contributed by atoms with E-state index in [0.717, 1.165) is 25.8 Å². The maximum Gasteiger partial charge on any atom is 0.255 e. The summed E-state index contributed by atoms with van der Waals surface area (Å²) in [6, 6.07) is 5.46. The molecule has 2 rings (SSSR count). The summed E-state index contributed by atoms with van der Waals surface area (Å²) in [6.45, 7) is 2.86. The quantitative estimate of drug-likeness (QED) is 0.838. The van der Waals surface area contributed by atoms with Crippen LogP contribution in [0.2, 0.25) is 5.02 Å². The number of benzene rings is 1. The lowest BCUT2D eigenvalue weighted by Crippen LogP contribution is -2.34. The standard InChI is InChI=1S/C13H17ClN2O/c1-2-7-16(10-4-5-10)13(17)11-8-9(15)3-6-12(11)14/h3,6,8,10H,2,4-5,7,15H2,1H3. The molecule has 17 heavy (non-hydrogen) atoms. The molecule has 0 heterocycles. The maximum atomic E-state index is 12.4. The third-order valence-corrected chi connectivity index (χ3v) is 3.26. The van der Waals surface area contributed by atoms with Crippen LogP contribution in [0.5, 0.6) is 0 Å². The van der Waals surface area contributed by atoms with Crippen molar-refractivity contribution in [2.75, 3.05) is 12.3 Å². The third kappa shape index (κ3) is 2.72. The van der Waals surface area contributed by atoms with E-state index in [-0.39, 0.29) is 5.91 Å². The molecule has 0 saturated heterocycles. The van der Waals surface area contributed by atoms with E-state index in [4.69, 9.17) is 17.3 Å². The molecule has 0 unspecified atom stereocenters. The molecule has 92 valence electrons. The lowest BCUT2D eigenvalue weighted by atomic mass is 10.1. The summed E-state index contributed by atoms with van der Waals surface area (Å²) in [5.41, 5.74) is 6.80. The van der Waals surface area contributed by atoms with E-state index in [1.165, 1.54) is 0 Å². The van der Waals surface area contributed by atoms with Crippen LogP contribution < -0.4 is 5.73 Å². The number of amides is 1. The highest BCUT2D eigenvalue weighted by atomic mass is 35.5. The zero-order chi connectivity index (χ0) is 12.4. The van der Waals surface area contributed by atoms with Gasteiger partial charge in [-0.15, -0.1) is 0 Å². The summed E-state index contributed by atoms with van der Waals surface area (Å²) in [4.78, 5) is 14.3. The van der Waals surface area contributed by atoms with Gasteiger partial charge in [0.05, 0.1) is 10.6 Å². The summed E-state index contributed by atoms with van der Waals surface area (Å²) < 4.78 is 0. The van der Waals surface area contributed by atoms with Crippen molar-refractivity contribution in [3.8, 4) is 0 Å². The van der Waals surface area contributed by atoms with Crippen LogP contribution in [-0.2, 0) is 0 Å². The molecule has 1 fully saturated rings. The van der Waals surface area contributed by atoms with Gasteiger partial charge in [0.25, 0.3) is 5.91 Å². The molecule has 0 radical (unpaired) electrons. The lowest BCUT2D eigenvalue weighted by molar-refractivity contribution is 0.0743. The molecule has 1 aromatic carbocycles. The average Bonchev–Trinajstić information content (AvgIpc) is 3.12. The summed E-state index contributed by atoms with van der Waals surface area (Å²) >= 11 is 6.06. The first-order chi connectivity index (χ1) is 8.13. The maximum absolute atomic E-state index is 12.4. The molecular formula is C13H17ClN2O. The number of halogens is 1. The van der Waals surface area contributed by atoms with Gasteiger partial charge in [-0.1, -0.05) is 18.5 Å². The van der Waals surface area contributed by atoms with Gasteiger partial charge in [-0.25, -0.2) is 0 Å². The van der Waals surface area contributed by atoms with Crippen LogP contribution in [0.4, 0.5) is 5.69 Å². The summed E-state index contributed by atoms with van der Waals surface area (Å²) in [5.74, 6) is 0.00616. The molecular weight excluding hydrogens is 236 g/mol. The normalized spacial score (nSPS) is 14.7. The Bertz CT molecular complexity index is 429. The number of hydrogen-bond acceptors (Lipinski definition) is 2. The van der Waals surface area contributed by atoms with E-state index in [2.05, 4.69) is 6.92 Å². The van der Waals surface area contributed by atoms with Gasteiger partial charge in [0.1, 0.15) is 0 Å². The van der Waals surface area contributed by atoms with Gasteiger partial charge >= 0.3 is 0 Å². The summed E-state index contributed by atoms with van der Waals surface area (Å²) in [7, 11) is 0. The van der Waals surface area contributed by atoms with Crippen LogP contribution in [0.1, 0.15) is 36.5 Å². The Balaban J connectivity index is 2.24. The molecule has 1 aromatic rings. The molecule has 0 atom stereocenters. The van der Waals surface area contributed by atoms with Crippen LogP contribution in [0.3, 0.4) is 0 Å². The molecule has 0 aliphatic heterocycles. The molecule has 2 N–H and O–H groups in total. The van der Waals surface area contributed by atoms with Crippen LogP contribution in [-0.4, -0.2) is 23.4 Å². The first kappa shape index (κ1) is 12.2. The Labute approximate surface area is 107 Å². The van der Waals surface area contributed by atoms with E-state index in [9.17, 15) is 4.79 Å². The molecule has 3 nitrogen and oxygen atoms in total. The van der Waals surface area contributed by atoms with Crippen LogP contribution in [0.25, 0.3) is 0 Å². The smallest absolute Gasteiger partial charge is 0.255 e. The Morgan fingerprint density at radius 3 is 2.82 bits per heavy atom. The number of carbonyl (C=O) groups is 1. The first-order valence-electron chi connectivity index (χ1n) is 5.99. The number of nitrogens with two attached hydrogens (primary N) is 1. The van der Waals surface area contributed by atoms with Gasteiger partial charge in [0.15, 0.2) is 0 Å². The van der Waals surface area contributed by atoms with Gasteiger partial charge in [-0.3, -0.25) is 4.79 Å². The number of nitrogen functional groups attached to an aromatic ring is 1.